The van der Waals surface area contributed by atoms with Gasteiger partial charge in [-0.2, -0.15) is 0 Å². The molecular formula is C21H22ClFN4O2. The third-order valence-corrected chi connectivity index (χ3v) is 4.92. The zero-order valence-electron chi connectivity index (χ0n) is 15.8. The minimum atomic E-state index is -0.703. The van der Waals surface area contributed by atoms with Crippen LogP contribution in [-0.2, 0) is 11.3 Å². The Labute approximate surface area is 173 Å². The Morgan fingerprint density at radius 2 is 1.79 bits per heavy atom. The molecule has 3 N–H and O–H groups in total. The summed E-state index contributed by atoms with van der Waals surface area (Å²) in [7, 11) is 0. The lowest BCUT2D eigenvalue weighted by molar-refractivity contribution is -0.127. The van der Waals surface area contributed by atoms with Crippen LogP contribution >= 0.6 is 11.6 Å². The van der Waals surface area contributed by atoms with Crippen LogP contribution < -0.4 is 11.1 Å². The third-order valence-electron chi connectivity index (χ3n) is 4.68. The third kappa shape index (κ3) is 6.04. The van der Waals surface area contributed by atoms with Crippen molar-refractivity contribution >= 4 is 35.3 Å². The van der Waals surface area contributed by atoms with Gasteiger partial charge in [-0.05, 0) is 41.5 Å². The molecule has 1 fully saturated rings. The number of halogens is 2. The lowest BCUT2D eigenvalue weighted by Gasteiger charge is -2.34. The Morgan fingerprint density at radius 1 is 1.10 bits per heavy atom. The Hall–Kier alpha value is -2.90. The summed E-state index contributed by atoms with van der Waals surface area (Å²) in [5.74, 6) is -0.350. The predicted octanol–water partition coefficient (Wildman–Crippen LogP) is 3.33. The van der Waals surface area contributed by atoms with Crippen molar-refractivity contribution in [3.05, 3.63) is 70.5 Å². The van der Waals surface area contributed by atoms with E-state index in [9.17, 15) is 14.0 Å². The van der Waals surface area contributed by atoms with Crippen molar-refractivity contribution in [1.82, 2.24) is 9.80 Å². The molecule has 6 nitrogen and oxygen atoms in total. The first-order valence-corrected chi connectivity index (χ1v) is 9.58. The number of nitrogens with two attached hydrogens (primary N) is 1. The largest absolute Gasteiger partial charge is 0.351 e. The van der Waals surface area contributed by atoms with Crippen LogP contribution in [0.2, 0.25) is 5.02 Å². The zero-order valence-corrected chi connectivity index (χ0v) is 16.5. The number of amides is 3. The van der Waals surface area contributed by atoms with Gasteiger partial charge in [0.1, 0.15) is 5.82 Å². The van der Waals surface area contributed by atoms with Gasteiger partial charge in [0.15, 0.2) is 0 Å². The number of nitrogens with zero attached hydrogens (tertiary/aromatic N) is 2. The van der Waals surface area contributed by atoms with Crippen LogP contribution in [0.4, 0.5) is 14.9 Å². The van der Waals surface area contributed by atoms with Gasteiger partial charge in [-0.3, -0.25) is 9.69 Å². The van der Waals surface area contributed by atoms with E-state index in [4.69, 9.17) is 17.3 Å². The van der Waals surface area contributed by atoms with Crippen molar-refractivity contribution in [1.29, 1.82) is 0 Å². The van der Waals surface area contributed by atoms with Gasteiger partial charge in [-0.15, -0.1) is 0 Å². The maximum absolute atomic E-state index is 13.0. The van der Waals surface area contributed by atoms with Crippen LogP contribution in [0.1, 0.15) is 11.1 Å². The summed E-state index contributed by atoms with van der Waals surface area (Å²) in [6, 6.07) is 10.7. The summed E-state index contributed by atoms with van der Waals surface area (Å²) in [6.45, 7) is 3.43. The van der Waals surface area contributed by atoms with Crippen molar-refractivity contribution < 1.29 is 14.0 Å². The van der Waals surface area contributed by atoms with Gasteiger partial charge in [-0.1, -0.05) is 29.8 Å². The van der Waals surface area contributed by atoms with Gasteiger partial charge in [0.05, 0.1) is 5.69 Å². The van der Waals surface area contributed by atoms with Gasteiger partial charge >= 0.3 is 6.03 Å². The molecule has 8 heteroatoms. The standard InChI is InChI=1S/C21H22ClFN4O2/c22-17-5-3-16(19(13-17)25-21(24)29)4-8-20(28)27-11-9-26(10-12-27)14-15-1-6-18(23)7-2-15/h1-8,13H,9-12,14H2,(H3,24,25,29)/b8-4+. The number of carbonyl (C=O) groups excluding carboxylic acids is 2. The molecule has 0 bridgehead atoms. The number of nitrogens with one attached hydrogen (secondary N) is 1. The monoisotopic (exact) mass is 416 g/mol. The molecule has 1 aliphatic heterocycles. The second kappa shape index (κ2) is 9.54. The first-order valence-electron chi connectivity index (χ1n) is 9.20. The average molecular weight is 417 g/mol. The van der Waals surface area contributed by atoms with Crippen LogP contribution in [0.25, 0.3) is 6.08 Å². The van der Waals surface area contributed by atoms with Crippen LogP contribution in [0.3, 0.4) is 0 Å². The number of hydrogen-bond acceptors (Lipinski definition) is 3. The Morgan fingerprint density at radius 3 is 2.45 bits per heavy atom. The van der Waals surface area contributed by atoms with Crippen molar-refractivity contribution in [2.24, 2.45) is 5.73 Å². The molecule has 3 rings (SSSR count). The Bertz CT molecular complexity index is 909. The van der Waals surface area contributed by atoms with Gasteiger partial charge in [-0.25, -0.2) is 9.18 Å². The van der Waals surface area contributed by atoms with Gasteiger partial charge in [0, 0.05) is 43.8 Å². The molecule has 29 heavy (non-hydrogen) atoms. The maximum atomic E-state index is 13.0. The first kappa shape index (κ1) is 20.8. The second-order valence-electron chi connectivity index (χ2n) is 6.78. The number of rotatable bonds is 5. The highest BCUT2D eigenvalue weighted by Crippen LogP contribution is 2.22. The Kier molecular flexibility index (Phi) is 6.85. The summed E-state index contributed by atoms with van der Waals surface area (Å²) < 4.78 is 13.0. The lowest BCUT2D eigenvalue weighted by Crippen LogP contribution is -2.47. The highest BCUT2D eigenvalue weighted by atomic mass is 35.5. The molecule has 2 aromatic carbocycles. The highest BCUT2D eigenvalue weighted by Gasteiger charge is 2.19. The summed E-state index contributed by atoms with van der Waals surface area (Å²) in [6.07, 6.45) is 3.11. The molecule has 1 heterocycles. The Balaban J connectivity index is 1.56. The highest BCUT2D eigenvalue weighted by molar-refractivity contribution is 6.31. The number of primary amides is 1. The van der Waals surface area contributed by atoms with E-state index in [2.05, 4.69) is 10.2 Å². The second-order valence-corrected chi connectivity index (χ2v) is 7.22. The van der Waals surface area contributed by atoms with E-state index in [0.29, 0.717) is 29.4 Å². The van der Waals surface area contributed by atoms with Gasteiger partial charge in [0.2, 0.25) is 5.91 Å². The molecular weight excluding hydrogens is 395 g/mol. The van der Waals surface area contributed by atoms with E-state index >= 15 is 0 Å². The molecule has 0 radical (unpaired) electrons. The zero-order chi connectivity index (χ0) is 20.8. The normalized spacial score (nSPS) is 14.9. The van der Waals surface area contributed by atoms with Crippen molar-refractivity contribution in [3.8, 4) is 0 Å². The molecule has 152 valence electrons. The van der Waals surface area contributed by atoms with Gasteiger partial charge in [0.25, 0.3) is 0 Å². The summed E-state index contributed by atoms with van der Waals surface area (Å²) in [5.41, 5.74) is 7.30. The molecule has 0 aliphatic carbocycles. The van der Waals surface area contributed by atoms with Crippen molar-refractivity contribution in [2.45, 2.75) is 6.54 Å². The summed E-state index contributed by atoms with van der Waals surface area (Å²) in [5, 5.41) is 2.95. The quantitative estimate of drug-likeness (QED) is 0.734. The van der Waals surface area contributed by atoms with E-state index in [0.717, 1.165) is 25.2 Å². The van der Waals surface area contributed by atoms with E-state index < -0.39 is 6.03 Å². The van der Waals surface area contributed by atoms with Gasteiger partial charge < -0.3 is 16.0 Å². The molecule has 0 aromatic heterocycles. The maximum Gasteiger partial charge on any atom is 0.316 e. The van der Waals surface area contributed by atoms with Crippen LogP contribution in [0.5, 0.6) is 0 Å². The lowest BCUT2D eigenvalue weighted by atomic mass is 10.1. The smallest absolute Gasteiger partial charge is 0.316 e. The molecule has 1 saturated heterocycles. The van der Waals surface area contributed by atoms with E-state index in [1.54, 1.807) is 41.3 Å². The number of hydrogen-bond donors (Lipinski definition) is 2. The van der Waals surface area contributed by atoms with Crippen molar-refractivity contribution in [3.63, 3.8) is 0 Å². The van der Waals surface area contributed by atoms with Crippen LogP contribution in [0.15, 0.2) is 48.5 Å². The van der Waals surface area contributed by atoms with E-state index in [-0.39, 0.29) is 11.7 Å². The predicted molar refractivity (Wildman–Crippen MR) is 112 cm³/mol. The number of carbonyl (C=O) groups is 2. The SMILES string of the molecule is NC(=O)Nc1cc(Cl)ccc1/C=C/C(=O)N1CCN(Cc2ccc(F)cc2)CC1. The minimum absolute atomic E-state index is 0.105. The number of urea groups is 1. The number of piperazine rings is 1. The molecule has 0 unspecified atom stereocenters. The summed E-state index contributed by atoms with van der Waals surface area (Å²) >= 11 is 5.95. The van der Waals surface area contributed by atoms with Crippen LogP contribution in [-0.4, -0.2) is 47.9 Å². The molecule has 0 atom stereocenters. The number of anilines is 1. The fourth-order valence-electron chi connectivity index (χ4n) is 3.16. The van der Waals surface area contributed by atoms with E-state index in [1.807, 2.05) is 0 Å². The topological polar surface area (TPSA) is 78.7 Å². The summed E-state index contributed by atoms with van der Waals surface area (Å²) in [4.78, 5) is 27.7. The minimum Gasteiger partial charge on any atom is -0.351 e. The van der Waals surface area contributed by atoms with Crippen molar-refractivity contribution in [2.75, 3.05) is 31.5 Å². The fourth-order valence-corrected chi connectivity index (χ4v) is 3.33. The first-order chi connectivity index (χ1) is 13.9. The number of benzene rings is 2. The molecule has 0 saturated carbocycles. The molecule has 1 aliphatic rings. The fraction of sp³-hybridized carbons (Fsp3) is 0.238. The molecule has 2 aromatic rings. The molecule has 3 amide bonds. The van der Waals surface area contributed by atoms with Crippen LogP contribution in [0, 0.1) is 5.82 Å². The average Bonchev–Trinajstić information content (AvgIpc) is 2.69. The van der Waals surface area contributed by atoms with E-state index in [1.165, 1.54) is 18.2 Å². The molecule has 0 spiro atoms.